The van der Waals surface area contributed by atoms with E-state index in [0.29, 0.717) is 12.8 Å². The Kier molecular flexibility index (Phi) is 2.13. The van der Waals surface area contributed by atoms with Gasteiger partial charge < -0.3 is 0 Å². The third-order valence-electron chi connectivity index (χ3n) is 3.15. The van der Waals surface area contributed by atoms with E-state index in [1.165, 1.54) is 0 Å². The summed E-state index contributed by atoms with van der Waals surface area (Å²) in [6, 6.07) is 0. The molecule has 2 aliphatic rings. The first kappa shape index (κ1) is 10.6. The monoisotopic (exact) mass is 244 g/mol. The Hall–Kier alpha value is 0.1000. The molecule has 1 spiro atoms. The molecular weight excluding hydrogens is 234 g/mol. The first-order chi connectivity index (χ1) is 6.20. The van der Waals surface area contributed by atoms with Crippen LogP contribution < -0.4 is 0 Å². The molecule has 0 aromatic carbocycles. The Morgan fingerprint density at radius 1 is 1.29 bits per heavy atom. The zero-order valence-corrected chi connectivity index (χ0v) is 9.04. The van der Waals surface area contributed by atoms with Crippen LogP contribution in [0.3, 0.4) is 0 Å². The van der Waals surface area contributed by atoms with E-state index in [1.807, 2.05) is 0 Å². The molecule has 6 heteroatoms. The predicted octanol–water partition coefficient (Wildman–Crippen LogP) is 2.38. The van der Waals surface area contributed by atoms with Crippen molar-refractivity contribution in [3.05, 3.63) is 0 Å². The summed E-state index contributed by atoms with van der Waals surface area (Å²) in [5.74, 6) is -2.58. The maximum atomic E-state index is 12.6. The fraction of sp³-hybridized carbons (Fsp3) is 1.00. The van der Waals surface area contributed by atoms with Gasteiger partial charge in [0.05, 0.1) is 5.75 Å². The standard InChI is InChI=1S/C8H11ClF2O2S/c9-14(12,13)3-6-1-7(2-6)4-8(10,11)5-7/h6H,1-5H2. The van der Waals surface area contributed by atoms with E-state index in [0.717, 1.165) is 0 Å². The molecule has 2 aliphatic carbocycles. The van der Waals surface area contributed by atoms with Gasteiger partial charge in [0.25, 0.3) is 0 Å². The topological polar surface area (TPSA) is 34.1 Å². The maximum Gasteiger partial charge on any atom is 0.249 e. The summed E-state index contributed by atoms with van der Waals surface area (Å²) in [6.07, 6.45) is 1.04. The molecule has 0 unspecified atom stereocenters. The molecule has 82 valence electrons. The minimum atomic E-state index is -3.46. The van der Waals surface area contributed by atoms with E-state index in [-0.39, 0.29) is 29.9 Å². The first-order valence-corrected chi connectivity index (χ1v) is 6.98. The highest BCUT2D eigenvalue weighted by Crippen LogP contribution is 2.64. The van der Waals surface area contributed by atoms with E-state index in [1.54, 1.807) is 0 Å². The Morgan fingerprint density at radius 2 is 1.79 bits per heavy atom. The van der Waals surface area contributed by atoms with Gasteiger partial charge in [0.15, 0.2) is 0 Å². The molecule has 0 atom stereocenters. The van der Waals surface area contributed by atoms with Crippen molar-refractivity contribution in [2.24, 2.45) is 11.3 Å². The Bertz CT molecular complexity index is 336. The van der Waals surface area contributed by atoms with Gasteiger partial charge in [0.2, 0.25) is 15.0 Å². The van der Waals surface area contributed by atoms with Crippen molar-refractivity contribution in [1.29, 1.82) is 0 Å². The lowest BCUT2D eigenvalue weighted by atomic mass is 9.51. The summed E-state index contributed by atoms with van der Waals surface area (Å²) in [5, 5.41) is 0. The minimum Gasteiger partial charge on any atom is -0.212 e. The highest BCUT2D eigenvalue weighted by molar-refractivity contribution is 8.13. The molecular formula is C8H11ClF2O2S. The molecule has 14 heavy (non-hydrogen) atoms. The number of rotatable bonds is 2. The van der Waals surface area contributed by atoms with E-state index >= 15 is 0 Å². The number of halogens is 3. The second-order valence-corrected chi connectivity index (χ2v) is 7.51. The highest BCUT2D eigenvalue weighted by Gasteiger charge is 2.61. The second-order valence-electron chi connectivity index (χ2n) is 4.69. The molecule has 0 bridgehead atoms. The second kappa shape index (κ2) is 2.82. The van der Waals surface area contributed by atoms with Crippen LogP contribution in [0.25, 0.3) is 0 Å². The molecule has 0 heterocycles. The van der Waals surface area contributed by atoms with Crippen LogP contribution in [0.15, 0.2) is 0 Å². The van der Waals surface area contributed by atoms with Crippen LogP contribution in [0.5, 0.6) is 0 Å². The first-order valence-electron chi connectivity index (χ1n) is 4.50. The Balaban J connectivity index is 1.82. The summed E-state index contributed by atoms with van der Waals surface area (Å²) >= 11 is 0. The van der Waals surface area contributed by atoms with Gasteiger partial charge in [-0.15, -0.1) is 0 Å². The SMILES string of the molecule is O=S(=O)(Cl)CC1CC2(C1)CC(F)(F)C2. The third kappa shape index (κ3) is 2.03. The van der Waals surface area contributed by atoms with Crippen LogP contribution in [-0.4, -0.2) is 20.1 Å². The van der Waals surface area contributed by atoms with Crippen LogP contribution in [0, 0.1) is 11.3 Å². The van der Waals surface area contributed by atoms with Gasteiger partial charge >= 0.3 is 0 Å². The van der Waals surface area contributed by atoms with Crippen LogP contribution >= 0.6 is 10.7 Å². The normalized spacial score (nSPS) is 29.6. The van der Waals surface area contributed by atoms with Crippen LogP contribution in [0.2, 0.25) is 0 Å². The van der Waals surface area contributed by atoms with Crippen molar-refractivity contribution in [2.45, 2.75) is 31.6 Å². The summed E-state index contributed by atoms with van der Waals surface area (Å²) in [4.78, 5) is 0. The molecule has 0 aromatic heterocycles. The number of hydrogen-bond donors (Lipinski definition) is 0. The lowest BCUT2D eigenvalue weighted by Gasteiger charge is -2.57. The average molecular weight is 245 g/mol. The molecule has 0 radical (unpaired) electrons. The molecule has 2 nitrogen and oxygen atoms in total. The van der Waals surface area contributed by atoms with Crippen LogP contribution in [-0.2, 0) is 9.05 Å². The fourth-order valence-electron chi connectivity index (χ4n) is 2.90. The van der Waals surface area contributed by atoms with Crippen LogP contribution in [0.4, 0.5) is 8.78 Å². The lowest BCUT2D eigenvalue weighted by molar-refractivity contribution is -0.203. The highest BCUT2D eigenvalue weighted by atomic mass is 35.7. The zero-order chi connectivity index (χ0) is 10.6. The van der Waals surface area contributed by atoms with E-state index < -0.39 is 15.0 Å². The molecule has 2 saturated carbocycles. The smallest absolute Gasteiger partial charge is 0.212 e. The molecule has 0 amide bonds. The van der Waals surface area contributed by atoms with Crippen molar-refractivity contribution in [3.63, 3.8) is 0 Å². The minimum absolute atomic E-state index is 0.00593. The summed E-state index contributed by atoms with van der Waals surface area (Å²) in [7, 11) is 1.61. The molecule has 2 fully saturated rings. The Labute approximate surface area is 86.0 Å². The summed E-state index contributed by atoms with van der Waals surface area (Å²) in [6.45, 7) is 0. The molecule has 0 aliphatic heterocycles. The Morgan fingerprint density at radius 3 is 2.14 bits per heavy atom. The van der Waals surface area contributed by atoms with Crippen LogP contribution in [0.1, 0.15) is 25.7 Å². The van der Waals surface area contributed by atoms with E-state index in [2.05, 4.69) is 0 Å². The number of alkyl halides is 2. The van der Waals surface area contributed by atoms with Gasteiger partial charge in [-0.3, -0.25) is 0 Å². The van der Waals surface area contributed by atoms with Gasteiger partial charge in [-0.2, -0.15) is 0 Å². The zero-order valence-electron chi connectivity index (χ0n) is 7.47. The largest absolute Gasteiger partial charge is 0.249 e. The van der Waals surface area contributed by atoms with Gasteiger partial charge in [0, 0.05) is 23.5 Å². The molecule has 2 rings (SSSR count). The molecule has 0 N–H and O–H groups in total. The molecule has 0 saturated heterocycles. The quantitative estimate of drug-likeness (QED) is 0.699. The lowest BCUT2D eigenvalue weighted by Crippen LogP contribution is -2.54. The summed E-state index contributed by atoms with van der Waals surface area (Å²) in [5.41, 5.74) is -0.254. The van der Waals surface area contributed by atoms with Crippen molar-refractivity contribution >= 4 is 19.7 Å². The fourth-order valence-corrected chi connectivity index (χ4v) is 4.23. The van der Waals surface area contributed by atoms with Crippen molar-refractivity contribution < 1.29 is 17.2 Å². The van der Waals surface area contributed by atoms with Crippen molar-refractivity contribution in [3.8, 4) is 0 Å². The van der Waals surface area contributed by atoms with E-state index in [9.17, 15) is 17.2 Å². The maximum absolute atomic E-state index is 12.6. The van der Waals surface area contributed by atoms with Crippen molar-refractivity contribution in [2.75, 3.05) is 5.75 Å². The summed E-state index contributed by atoms with van der Waals surface area (Å²) < 4.78 is 46.5. The third-order valence-corrected chi connectivity index (χ3v) is 4.39. The average Bonchev–Trinajstić information content (AvgIpc) is 1.74. The number of hydrogen-bond acceptors (Lipinski definition) is 2. The van der Waals surface area contributed by atoms with Gasteiger partial charge in [-0.25, -0.2) is 17.2 Å². The van der Waals surface area contributed by atoms with Gasteiger partial charge in [0.1, 0.15) is 0 Å². The van der Waals surface area contributed by atoms with Gasteiger partial charge in [-0.1, -0.05) is 0 Å². The predicted molar refractivity (Wildman–Crippen MR) is 49.0 cm³/mol. The van der Waals surface area contributed by atoms with Crippen molar-refractivity contribution in [1.82, 2.24) is 0 Å². The van der Waals surface area contributed by atoms with E-state index in [4.69, 9.17) is 10.7 Å². The molecule has 0 aromatic rings. The van der Waals surface area contributed by atoms with Gasteiger partial charge in [-0.05, 0) is 24.2 Å².